The maximum atomic E-state index is 10.0. The molecule has 0 bridgehead atoms. The quantitative estimate of drug-likeness (QED) is 0.258. The Hall–Kier alpha value is -0.200. The molecule has 0 amide bonds. The molecule has 0 saturated heterocycles. The lowest BCUT2D eigenvalue weighted by Crippen LogP contribution is -2.50. The zero-order valence-corrected chi connectivity index (χ0v) is 18.5. The van der Waals surface area contributed by atoms with Crippen molar-refractivity contribution in [2.75, 3.05) is 0 Å². The Balaban J connectivity index is 5.82. The summed E-state index contributed by atoms with van der Waals surface area (Å²) >= 11 is 0. The fourth-order valence-electron chi connectivity index (χ4n) is 4.16. The smallest absolute Gasteiger partial charge is 0.105 e. The molecule has 27 heavy (non-hydrogen) atoms. The standard InChI is InChI=1S/C22H48N2O3/c1-5-9-13-21(14-10-6-2,17-19(23)25)27-22(15-11-7-3,16-12-8-4)18-20(24)26/h19-20,25-26H,5-18,23-24H2,1-4H3. The summed E-state index contributed by atoms with van der Waals surface area (Å²) in [5.41, 5.74) is 10.8. The van der Waals surface area contributed by atoms with Crippen molar-refractivity contribution in [3.63, 3.8) is 0 Å². The van der Waals surface area contributed by atoms with Crippen molar-refractivity contribution in [3.05, 3.63) is 0 Å². The van der Waals surface area contributed by atoms with Crippen LogP contribution in [0.25, 0.3) is 0 Å². The largest absolute Gasteiger partial charge is 0.379 e. The van der Waals surface area contributed by atoms with Crippen LogP contribution < -0.4 is 11.5 Å². The van der Waals surface area contributed by atoms with E-state index in [0.29, 0.717) is 12.8 Å². The molecule has 0 saturated carbocycles. The molecule has 0 aromatic heterocycles. The number of aliphatic hydroxyl groups excluding tert-OH is 2. The van der Waals surface area contributed by atoms with Gasteiger partial charge < -0.3 is 26.4 Å². The van der Waals surface area contributed by atoms with E-state index in [1.165, 1.54) is 0 Å². The summed E-state index contributed by atoms with van der Waals surface area (Å²) in [5.74, 6) is 0. The van der Waals surface area contributed by atoms with Gasteiger partial charge in [-0.15, -0.1) is 0 Å². The molecule has 0 fully saturated rings. The molecular formula is C22H48N2O3. The van der Waals surface area contributed by atoms with Crippen LogP contribution in [0.2, 0.25) is 0 Å². The molecule has 5 nitrogen and oxygen atoms in total. The van der Waals surface area contributed by atoms with E-state index < -0.39 is 23.7 Å². The van der Waals surface area contributed by atoms with Crippen LogP contribution in [0.1, 0.15) is 118 Å². The van der Waals surface area contributed by atoms with Gasteiger partial charge in [-0.3, -0.25) is 0 Å². The van der Waals surface area contributed by atoms with Crippen molar-refractivity contribution >= 4 is 0 Å². The molecule has 0 aliphatic heterocycles. The van der Waals surface area contributed by atoms with Gasteiger partial charge in [-0.1, -0.05) is 79.1 Å². The van der Waals surface area contributed by atoms with Crippen molar-refractivity contribution in [3.8, 4) is 0 Å². The summed E-state index contributed by atoms with van der Waals surface area (Å²) in [4.78, 5) is 0. The first-order valence-electron chi connectivity index (χ1n) is 11.4. The van der Waals surface area contributed by atoms with Crippen LogP contribution in [0, 0.1) is 0 Å². The van der Waals surface area contributed by atoms with Gasteiger partial charge >= 0.3 is 0 Å². The summed E-state index contributed by atoms with van der Waals surface area (Å²) in [7, 11) is 0. The van der Waals surface area contributed by atoms with Crippen LogP contribution in [-0.4, -0.2) is 33.9 Å². The lowest BCUT2D eigenvalue weighted by atomic mass is 9.81. The second-order valence-corrected chi connectivity index (χ2v) is 8.43. The Kier molecular flexibility index (Phi) is 14.6. The first-order chi connectivity index (χ1) is 12.8. The zero-order valence-electron chi connectivity index (χ0n) is 18.5. The summed E-state index contributed by atoms with van der Waals surface area (Å²) in [6.45, 7) is 8.70. The van der Waals surface area contributed by atoms with Crippen LogP contribution in [0.15, 0.2) is 0 Å². The van der Waals surface area contributed by atoms with Crippen molar-refractivity contribution < 1.29 is 14.9 Å². The van der Waals surface area contributed by atoms with Crippen LogP contribution in [-0.2, 0) is 4.74 Å². The minimum absolute atomic E-state index is 0.438. The van der Waals surface area contributed by atoms with Gasteiger partial charge in [0.05, 0.1) is 11.2 Å². The van der Waals surface area contributed by atoms with Crippen molar-refractivity contribution in [2.24, 2.45) is 11.5 Å². The number of unbranched alkanes of at least 4 members (excludes halogenated alkanes) is 4. The van der Waals surface area contributed by atoms with Crippen molar-refractivity contribution in [1.82, 2.24) is 0 Å². The zero-order chi connectivity index (χ0) is 20.8. The number of hydrogen-bond acceptors (Lipinski definition) is 5. The van der Waals surface area contributed by atoms with Gasteiger partial charge in [0.25, 0.3) is 0 Å². The topological polar surface area (TPSA) is 102 Å². The highest BCUT2D eigenvalue weighted by molar-refractivity contribution is 4.91. The number of rotatable bonds is 18. The lowest BCUT2D eigenvalue weighted by Gasteiger charge is -2.46. The molecule has 5 heteroatoms. The predicted molar refractivity (Wildman–Crippen MR) is 114 cm³/mol. The average Bonchev–Trinajstić information content (AvgIpc) is 2.60. The van der Waals surface area contributed by atoms with E-state index in [1.54, 1.807) is 0 Å². The van der Waals surface area contributed by atoms with Gasteiger partial charge in [0.1, 0.15) is 12.5 Å². The number of aliphatic hydroxyl groups is 2. The van der Waals surface area contributed by atoms with Crippen LogP contribution in [0.3, 0.4) is 0 Å². The van der Waals surface area contributed by atoms with Crippen LogP contribution in [0.4, 0.5) is 0 Å². The Morgan fingerprint density at radius 1 is 0.630 bits per heavy atom. The molecule has 2 atom stereocenters. The maximum Gasteiger partial charge on any atom is 0.105 e. The minimum atomic E-state index is -0.892. The molecule has 0 heterocycles. The van der Waals surface area contributed by atoms with Crippen LogP contribution >= 0.6 is 0 Å². The van der Waals surface area contributed by atoms with Crippen molar-refractivity contribution in [1.29, 1.82) is 0 Å². The van der Waals surface area contributed by atoms with Gasteiger partial charge in [0, 0.05) is 12.8 Å². The van der Waals surface area contributed by atoms with E-state index in [9.17, 15) is 10.2 Å². The Morgan fingerprint density at radius 3 is 1.07 bits per heavy atom. The van der Waals surface area contributed by atoms with E-state index in [0.717, 1.165) is 77.0 Å². The molecule has 0 spiro atoms. The van der Waals surface area contributed by atoms with E-state index in [2.05, 4.69) is 27.7 Å². The van der Waals surface area contributed by atoms with E-state index in [-0.39, 0.29) is 0 Å². The first kappa shape index (κ1) is 26.8. The van der Waals surface area contributed by atoms with E-state index in [4.69, 9.17) is 16.2 Å². The first-order valence-corrected chi connectivity index (χ1v) is 11.4. The molecule has 0 aromatic carbocycles. The monoisotopic (exact) mass is 388 g/mol. The number of ether oxygens (including phenoxy) is 1. The summed E-state index contributed by atoms with van der Waals surface area (Å²) in [6.07, 6.45) is 11.1. The second-order valence-electron chi connectivity index (χ2n) is 8.43. The molecule has 0 radical (unpaired) electrons. The van der Waals surface area contributed by atoms with E-state index >= 15 is 0 Å². The third kappa shape index (κ3) is 11.4. The lowest BCUT2D eigenvalue weighted by molar-refractivity contribution is -0.197. The molecule has 0 aliphatic rings. The van der Waals surface area contributed by atoms with Gasteiger partial charge in [-0.05, 0) is 25.7 Å². The maximum absolute atomic E-state index is 10.0. The van der Waals surface area contributed by atoms with E-state index in [1.807, 2.05) is 0 Å². The Bertz CT molecular complexity index is 300. The van der Waals surface area contributed by atoms with Gasteiger partial charge in [-0.2, -0.15) is 0 Å². The Labute approximate surface area is 168 Å². The minimum Gasteiger partial charge on any atom is -0.379 e. The fourth-order valence-corrected chi connectivity index (χ4v) is 4.16. The summed E-state index contributed by atoms with van der Waals surface area (Å²) in [6, 6.07) is 0. The van der Waals surface area contributed by atoms with Gasteiger partial charge in [0.15, 0.2) is 0 Å². The van der Waals surface area contributed by atoms with Gasteiger partial charge in [0.2, 0.25) is 0 Å². The normalized spacial score (nSPS) is 15.1. The third-order valence-electron chi connectivity index (χ3n) is 5.54. The average molecular weight is 389 g/mol. The fraction of sp³-hybridized carbons (Fsp3) is 1.00. The molecule has 0 aromatic rings. The summed E-state index contributed by atoms with van der Waals surface area (Å²) < 4.78 is 6.98. The molecule has 0 rings (SSSR count). The SMILES string of the molecule is CCCCC(CCCC)(CC(N)O)OC(CCCC)(CCCC)CC(N)O. The highest BCUT2D eigenvalue weighted by Gasteiger charge is 2.42. The second kappa shape index (κ2) is 14.7. The third-order valence-corrected chi connectivity index (χ3v) is 5.54. The predicted octanol–water partition coefficient (Wildman–Crippen LogP) is 4.58. The molecular weight excluding hydrogens is 340 g/mol. The number of nitrogens with two attached hydrogens (primary N) is 2. The molecule has 0 aliphatic carbocycles. The van der Waals surface area contributed by atoms with Crippen molar-refractivity contribution in [2.45, 2.75) is 141 Å². The highest BCUT2D eigenvalue weighted by Crippen LogP contribution is 2.41. The highest BCUT2D eigenvalue weighted by atomic mass is 16.5. The van der Waals surface area contributed by atoms with Crippen LogP contribution in [0.5, 0.6) is 0 Å². The molecule has 2 unspecified atom stereocenters. The molecule has 6 N–H and O–H groups in total. The summed E-state index contributed by atoms with van der Waals surface area (Å²) in [5, 5.41) is 20.1. The van der Waals surface area contributed by atoms with Gasteiger partial charge in [-0.25, -0.2) is 0 Å². The molecule has 164 valence electrons. The Morgan fingerprint density at radius 2 is 0.889 bits per heavy atom. The number of hydrogen-bond donors (Lipinski definition) is 4.